The molecule has 152 valence electrons. The smallest absolute Gasteiger partial charge is 0.357 e. The van der Waals surface area contributed by atoms with Crippen LogP contribution in [0.3, 0.4) is 0 Å². The van der Waals surface area contributed by atoms with Crippen LogP contribution < -0.4 is 15.5 Å². The minimum atomic E-state index is -0.522. The Morgan fingerprint density at radius 2 is 1.93 bits per heavy atom. The highest BCUT2D eigenvalue weighted by Crippen LogP contribution is 2.34. The molecule has 30 heavy (non-hydrogen) atoms. The first-order valence-electron chi connectivity index (χ1n) is 8.96. The van der Waals surface area contributed by atoms with E-state index in [9.17, 15) is 4.79 Å². The number of oxazole rings is 2. The van der Waals surface area contributed by atoms with E-state index in [1.54, 1.807) is 43.6 Å². The lowest BCUT2D eigenvalue weighted by atomic mass is 10.1. The summed E-state index contributed by atoms with van der Waals surface area (Å²) in [5.41, 5.74) is 4.77. The molecule has 0 saturated carbocycles. The molecule has 9 nitrogen and oxygen atoms in total. The summed E-state index contributed by atoms with van der Waals surface area (Å²) in [6.45, 7) is 0. The van der Waals surface area contributed by atoms with E-state index in [2.05, 4.69) is 20.8 Å². The number of carbonyl (C=O) groups is 1. The zero-order valence-electron chi connectivity index (χ0n) is 16.2. The van der Waals surface area contributed by atoms with E-state index in [0.29, 0.717) is 34.1 Å². The number of hydrogen-bond acceptors (Lipinski definition) is 9. The Kier molecular flexibility index (Phi) is 5.44. The van der Waals surface area contributed by atoms with Crippen LogP contribution in [0.2, 0.25) is 0 Å². The first-order valence-corrected chi connectivity index (χ1v) is 8.96. The Bertz CT molecular complexity index is 1150. The number of methoxy groups -OCH3 is 1. The van der Waals surface area contributed by atoms with Crippen molar-refractivity contribution in [2.45, 2.75) is 0 Å². The van der Waals surface area contributed by atoms with E-state index >= 15 is 0 Å². The summed E-state index contributed by atoms with van der Waals surface area (Å²) < 4.78 is 16.6. The topological polar surface area (TPSA) is 112 Å². The molecule has 2 heterocycles. The number of hydrogen-bond donors (Lipinski definition) is 2. The second-order valence-corrected chi connectivity index (χ2v) is 6.07. The van der Waals surface area contributed by atoms with Crippen molar-refractivity contribution in [2.75, 3.05) is 19.5 Å². The minimum absolute atomic E-state index is 0.260. The van der Waals surface area contributed by atoms with Crippen molar-refractivity contribution in [1.29, 1.82) is 0 Å². The van der Waals surface area contributed by atoms with Gasteiger partial charge in [-0.05, 0) is 18.2 Å². The van der Waals surface area contributed by atoms with Gasteiger partial charge >= 0.3 is 5.97 Å². The number of carbonyl (C=O) groups excluding carboxylic acids is 1. The standard InChI is InChI=1S/C21H18N4O5/c1-22-30-20(26)15-6-4-3-5-14(15)19-11-24-21(29-19)25-13-7-8-16(17(9-13)27-2)18-10-23-12-28-18/h3-12,22H,1-2H3,(H,24,25). The Morgan fingerprint density at radius 1 is 1.07 bits per heavy atom. The fraction of sp³-hybridized carbons (Fsp3) is 0.0952. The van der Waals surface area contributed by atoms with E-state index in [1.165, 1.54) is 19.6 Å². The summed E-state index contributed by atoms with van der Waals surface area (Å²) in [5, 5.41) is 3.08. The molecular weight excluding hydrogens is 388 g/mol. The van der Waals surface area contributed by atoms with Crippen molar-refractivity contribution in [3.63, 3.8) is 0 Å². The van der Waals surface area contributed by atoms with Crippen molar-refractivity contribution in [3.8, 4) is 28.4 Å². The zero-order valence-corrected chi connectivity index (χ0v) is 16.2. The summed E-state index contributed by atoms with van der Waals surface area (Å²) in [7, 11) is 3.09. The molecule has 0 amide bonds. The quantitative estimate of drug-likeness (QED) is 0.439. The first kappa shape index (κ1) is 19.2. The molecule has 0 bridgehead atoms. The van der Waals surface area contributed by atoms with Gasteiger partial charge in [0.05, 0.1) is 30.6 Å². The molecule has 0 aliphatic carbocycles. The molecule has 0 atom stereocenters. The Hall–Kier alpha value is -4.11. The summed E-state index contributed by atoms with van der Waals surface area (Å²) in [6.07, 6.45) is 4.51. The number of nitrogens with zero attached hydrogens (tertiary/aromatic N) is 2. The highest BCUT2D eigenvalue weighted by molar-refractivity contribution is 5.96. The van der Waals surface area contributed by atoms with Crippen LogP contribution in [-0.4, -0.2) is 30.1 Å². The van der Waals surface area contributed by atoms with Gasteiger partial charge in [0.1, 0.15) is 5.75 Å². The van der Waals surface area contributed by atoms with E-state index in [4.69, 9.17) is 18.4 Å². The van der Waals surface area contributed by atoms with Crippen LogP contribution >= 0.6 is 0 Å². The fourth-order valence-corrected chi connectivity index (χ4v) is 2.92. The number of aromatic nitrogens is 2. The predicted molar refractivity (Wildman–Crippen MR) is 108 cm³/mol. The highest BCUT2D eigenvalue weighted by Gasteiger charge is 2.17. The predicted octanol–water partition coefficient (Wildman–Crippen LogP) is 4.04. The molecule has 2 aromatic heterocycles. The van der Waals surface area contributed by atoms with Crippen molar-refractivity contribution < 1.29 is 23.2 Å². The van der Waals surface area contributed by atoms with Crippen LogP contribution in [-0.2, 0) is 4.84 Å². The molecule has 0 unspecified atom stereocenters. The number of rotatable bonds is 7. The second-order valence-electron chi connectivity index (χ2n) is 6.07. The van der Waals surface area contributed by atoms with Crippen LogP contribution in [0.25, 0.3) is 22.6 Å². The third kappa shape index (κ3) is 3.87. The molecule has 0 fully saturated rings. The molecule has 4 rings (SSSR count). The lowest BCUT2D eigenvalue weighted by Gasteiger charge is -2.09. The second kappa shape index (κ2) is 8.50. The molecule has 2 aromatic carbocycles. The van der Waals surface area contributed by atoms with E-state index in [1.807, 2.05) is 12.1 Å². The van der Waals surface area contributed by atoms with Crippen LogP contribution in [0.1, 0.15) is 10.4 Å². The average molecular weight is 406 g/mol. The van der Waals surface area contributed by atoms with Gasteiger partial charge in [0.25, 0.3) is 6.01 Å². The number of ether oxygens (including phenoxy) is 1. The maximum Gasteiger partial charge on any atom is 0.357 e. The van der Waals surface area contributed by atoms with Crippen LogP contribution in [0.4, 0.5) is 11.7 Å². The number of hydroxylamine groups is 1. The first-order chi connectivity index (χ1) is 14.7. The van der Waals surface area contributed by atoms with Gasteiger partial charge in [0.2, 0.25) is 0 Å². The molecule has 0 saturated heterocycles. The third-order valence-electron chi connectivity index (χ3n) is 4.26. The fourth-order valence-electron chi connectivity index (χ4n) is 2.92. The van der Waals surface area contributed by atoms with Gasteiger partial charge < -0.3 is 23.7 Å². The van der Waals surface area contributed by atoms with E-state index in [-0.39, 0.29) is 6.01 Å². The van der Waals surface area contributed by atoms with E-state index < -0.39 is 5.97 Å². The lowest BCUT2D eigenvalue weighted by Crippen LogP contribution is -2.15. The highest BCUT2D eigenvalue weighted by atomic mass is 16.7. The van der Waals surface area contributed by atoms with Gasteiger partial charge in [-0.25, -0.2) is 14.8 Å². The summed E-state index contributed by atoms with van der Waals surface area (Å²) in [5.74, 6) is 1.10. The van der Waals surface area contributed by atoms with Gasteiger partial charge in [0, 0.05) is 24.4 Å². The molecule has 4 aromatic rings. The van der Waals surface area contributed by atoms with Crippen molar-refractivity contribution >= 4 is 17.7 Å². The zero-order chi connectivity index (χ0) is 20.9. The summed E-state index contributed by atoms with van der Waals surface area (Å²) >= 11 is 0. The van der Waals surface area contributed by atoms with Crippen LogP contribution in [0.15, 0.2) is 70.1 Å². The van der Waals surface area contributed by atoms with Crippen molar-refractivity contribution in [3.05, 3.63) is 66.8 Å². The number of anilines is 2. The Labute approximate surface area is 171 Å². The molecule has 0 spiro atoms. The summed E-state index contributed by atoms with van der Waals surface area (Å²) in [4.78, 5) is 25.2. The summed E-state index contributed by atoms with van der Waals surface area (Å²) in [6, 6.07) is 12.7. The average Bonchev–Trinajstić information content (AvgIpc) is 3.46. The maximum atomic E-state index is 12.1. The van der Waals surface area contributed by atoms with Crippen LogP contribution in [0, 0.1) is 0 Å². The molecule has 0 aliphatic rings. The Morgan fingerprint density at radius 3 is 2.70 bits per heavy atom. The molecule has 9 heteroatoms. The maximum absolute atomic E-state index is 12.1. The molecule has 2 N–H and O–H groups in total. The largest absolute Gasteiger partial charge is 0.496 e. The number of nitrogens with one attached hydrogen (secondary N) is 2. The van der Waals surface area contributed by atoms with Gasteiger partial charge in [-0.2, -0.15) is 5.48 Å². The number of benzene rings is 2. The van der Waals surface area contributed by atoms with Crippen molar-refractivity contribution in [2.24, 2.45) is 0 Å². The lowest BCUT2D eigenvalue weighted by molar-refractivity contribution is 0.0310. The molecular formula is C21H18N4O5. The third-order valence-corrected chi connectivity index (χ3v) is 4.26. The minimum Gasteiger partial charge on any atom is -0.496 e. The molecule has 0 radical (unpaired) electrons. The van der Waals surface area contributed by atoms with Gasteiger partial charge in [-0.1, -0.05) is 18.2 Å². The molecule has 0 aliphatic heterocycles. The monoisotopic (exact) mass is 406 g/mol. The Balaban J connectivity index is 1.58. The SMILES string of the molecule is CNOC(=O)c1ccccc1-c1cnc(Nc2ccc(-c3cnco3)c(OC)c2)o1. The van der Waals surface area contributed by atoms with Crippen LogP contribution in [0.5, 0.6) is 5.75 Å². The van der Waals surface area contributed by atoms with Crippen molar-refractivity contribution in [1.82, 2.24) is 15.4 Å². The normalized spacial score (nSPS) is 10.6. The van der Waals surface area contributed by atoms with Gasteiger partial charge in [0.15, 0.2) is 17.9 Å². The van der Waals surface area contributed by atoms with Gasteiger partial charge in [-0.15, -0.1) is 0 Å². The van der Waals surface area contributed by atoms with E-state index in [0.717, 1.165) is 5.56 Å². The van der Waals surface area contributed by atoms with Gasteiger partial charge in [-0.3, -0.25) is 0 Å².